The Morgan fingerprint density at radius 2 is 1.36 bits per heavy atom. The molecule has 4 heterocycles. The van der Waals surface area contributed by atoms with E-state index in [0.717, 1.165) is 94.5 Å². The number of alkyl carbamates (subject to hydrolysis) is 1. The van der Waals surface area contributed by atoms with Gasteiger partial charge in [0.05, 0.1) is 36.8 Å². The molecule has 2 fully saturated rings. The highest BCUT2D eigenvalue weighted by Crippen LogP contribution is 2.39. The average molecular weight is 801 g/mol. The van der Waals surface area contributed by atoms with Crippen LogP contribution in [0, 0.1) is 11.8 Å². The number of likely N-dealkylation sites (tertiary alicyclic amines) is 2. The van der Waals surface area contributed by atoms with Crippen LogP contribution in [0.15, 0.2) is 60.8 Å². The minimum atomic E-state index is -1.21. The van der Waals surface area contributed by atoms with Crippen LogP contribution in [0.4, 0.5) is 9.59 Å². The zero-order valence-electron chi connectivity index (χ0n) is 34.2. The lowest BCUT2D eigenvalue weighted by atomic mass is 9.89. The number of benzene rings is 3. The third kappa shape index (κ3) is 7.75. The number of carboxylic acid groups (broad SMARTS) is 1. The first-order chi connectivity index (χ1) is 28.4. The maximum Gasteiger partial charge on any atom is 0.407 e. The number of hydrogen-bond donors (Lipinski definition) is 5. The number of aromatic nitrogens is 4. The van der Waals surface area contributed by atoms with Crippen molar-refractivity contribution in [3.05, 3.63) is 83.7 Å². The molecule has 2 aliphatic heterocycles. The summed E-state index contributed by atoms with van der Waals surface area (Å²) in [5.41, 5.74) is 8.45. The summed E-state index contributed by atoms with van der Waals surface area (Å²) in [5, 5.41) is 16.7. The van der Waals surface area contributed by atoms with E-state index >= 15 is 0 Å². The second-order valence-electron chi connectivity index (χ2n) is 16.7. The molecular weight excluding hydrogens is 749 g/mol. The first kappa shape index (κ1) is 39.6. The van der Waals surface area contributed by atoms with Crippen LogP contribution in [0.5, 0.6) is 0 Å². The minimum absolute atomic E-state index is 0.102. The molecule has 2 saturated heterocycles. The van der Waals surface area contributed by atoms with Crippen LogP contribution in [0.2, 0.25) is 0 Å². The Bertz CT molecular complexity index is 2420. The Hall–Kier alpha value is -6.18. The van der Waals surface area contributed by atoms with E-state index in [-0.39, 0.29) is 35.7 Å². The van der Waals surface area contributed by atoms with E-state index in [1.54, 1.807) is 11.1 Å². The van der Waals surface area contributed by atoms with Crippen LogP contribution in [0.25, 0.3) is 44.4 Å². The number of methoxy groups -OCH3 is 1. The summed E-state index contributed by atoms with van der Waals surface area (Å²) in [7, 11) is 1.30. The largest absolute Gasteiger partial charge is 0.465 e. The number of ether oxygens (including phenoxy) is 1. The summed E-state index contributed by atoms with van der Waals surface area (Å²) >= 11 is 0. The smallest absolute Gasteiger partial charge is 0.407 e. The fourth-order valence-corrected chi connectivity index (χ4v) is 9.04. The van der Waals surface area contributed by atoms with Crippen molar-refractivity contribution >= 4 is 34.8 Å². The van der Waals surface area contributed by atoms with Gasteiger partial charge >= 0.3 is 12.2 Å². The molecule has 0 bridgehead atoms. The molecule has 0 radical (unpaired) electrons. The number of fused-ring (bicyclic) bond motifs is 4. The fourth-order valence-electron chi connectivity index (χ4n) is 9.04. The fraction of sp³-hybridized carbons (Fsp3) is 0.422. The van der Waals surface area contributed by atoms with Gasteiger partial charge in [-0.2, -0.15) is 0 Å². The third-order valence-corrected chi connectivity index (χ3v) is 12.2. The van der Waals surface area contributed by atoms with Crippen LogP contribution < -0.4 is 10.6 Å². The number of aromatic amines is 2. The van der Waals surface area contributed by atoms with Gasteiger partial charge in [-0.25, -0.2) is 19.6 Å². The maximum atomic E-state index is 13.7. The SMILES string of the molecule is COC(=O)NC(C(=O)N1CCCC1c1nc2c([nH]1)CCc1cc(-c3ccc4cc(-c5cnc(C6CCCN6C(=O)C(NC(=O)O)C(C)C)[nH]5)ccc4c3)ccc1-2)C(C)C. The van der Waals surface area contributed by atoms with Crippen molar-refractivity contribution in [2.75, 3.05) is 20.2 Å². The molecule has 0 saturated carbocycles. The van der Waals surface area contributed by atoms with E-state index in [0.29, 0.717) is 18.9 Å². The molecule has 308 valence electrons. The summed E-state index contributed by atoms with van der Waals surface area (Å²) in [6.07, 6.45) is 4.91. The highest BCUT2D eigenvalue weighted by atomic mass is 16.5. The van der Waals surface area contributed by atoms with E-state index < -0.39 is 24.3 Å². The lowest BCUT2D eigenvalue weighted by molar-refractivity contribution is -0.136. The van der Waals surface area contributed by atoms with Crippen molar-refractivity contribution in [1.29, 1.82) is 0 Å². The normalized spacial score (nSPS) is 18.5. The number of hydrogen-bond acceptors (Lipinski definition) is 7. The molecule has 4 amide bonds. The highest BCUT2D eigenvalue weighted by Gasteiger charge is 2.39. The van der Waals surface area contributed by atoms with Crippen molar-refractivity contribution in [2.24, 2.45) is 11.8 Å². The number of amides is 4. The second kappa shape index (κ2) is 16.2. The number of nitrogens with one attached hydrogen (secondary N) is 4. The van der Waals surface area contributed by atoms with Gasteiger partial charge in [-0.05, 0) is 90.0 Å². The Morgan fingerprint density at radius 1 is 0.763 bits per heavy atom. The predicted octanol–water partition coefficient (Wildman–Crippen LogP) is 7.39. The van der Waals surface area contributed by atoms with Crippen LogP contribution in [-0.2, 0) is 27.2 Å². The Morgan fingerprint density at radius 3 is 2.00 bits per heavy atom. The van der Waals surface area contributed by atoms with Gasteiger partial charge in [-0.1, -0.05) is 70.2 Å². The van der Waals surface area contributed by atoms with Gasteiger partial charge in [0.15, 0.2) is 0 Å². The molecule has 14 heteroatoms. The molecule has 14 nitrogen and oxygen atoms in total. The molecule has 8 rings (SSSR count). The Labute approximate surface area is 343 Å². The van der Waals surface area contributed by atoms with Crippen LogP contribution >= 0.6 is 0 Å². The van der Waals surface area contributed by atoms with E-state index in [2.05, 4.69) is 80.2 Å². The van der Waals surface area contributed by atoms with Crippen molar-refractivity contribution in [3.8, 4) is 33.6 Å². The Kier molecular flexibility index (Phi) is 10.9. The lowest BCUT2D eigenvalue weighted by Gasteiger charge is -2.30. The molecule has 59 heavy (non-hydrogen) atoms. The second-order valence-corrected chi connectivity index (χ2v) is 16.7. The monoisotopic (exact) mass is 800 g/mol. The number of carbonyl (C=O) groups is 4. The number of H-pyrrole nitrogens is 2. The summed E-state index contributed by atoms with van der Waals surface area (Å²) in [4.78, 5) is 71.1. The van der Waals surface area contributed by atoms with Crippen LogP contribution in [0.1, 0.15) is 88.4 Å². The van der Waals surface area contributed by atoms with Gasteiger partial charge in [0.2, 0.25) is 11.8 Å². The number of carbonyl (C=O) groups excluding carboxylic acids is 3. The first-order valence-electron chi connectivity index (χ1n) is 20.7. The van der Waals surface area contributed by atoms with Gasteiger partial charge in [-0.3, -0.25) is 9.59 Å². The Balaban J connectivity index is 0.982. The standard InChI is InChI=1S/C45H52N8O6/c1-24(2)37(50-44(56)57)42(54)52-18-6-8-35(52)40-46-23-34(48-40)31-13-12-27-20-26(10-11-28(27)22-31)29-14-16-32-30(21-29)15-17-33-39(32)49-41(47-33)36-9-7-19-53(36)43(55)38(25(3)4)51-45(58)59-5/h10-14,16,20-25,35-38,50H,6-9,15,17-19H2,1-5H3,(H,46,48)(H,47,49)(H,51,58)(H,56,57). The van der Waals surface area contributed by atoms with E-state index in [1.807, 2.05) is 32.6 Å². The quantitative estimate of drug-likeness (QED) is 0.0968. The molecule has 5 N–H and O–H groups in total. The molecule has 4 unspecified atom stereocenters. The molecule has 3 aliphatic rings. The number of imidazole rings is 2. The average Bonchev–Trinajstić information content (AvgIpc) is 4.07. The van der Waals surface area contributed by atoms with Gasteiger partial charge in [-0.15, -0.1) is 0 Å². The van der Waals surface area contributed by atoms with E-state index in [4.69, 9.17) is 9.72 Å². The van der Waals surface area contributed by atoms with Crippen molar-refractivity contribution in [1.82, 2.24) is 40.4 Å². The molecule has 1 aliphatic carbocycles. The molecular formula is C45H52N8O6. The highest BCUT2D eigenvalue weighted by molar-refractivity contribution is 5.91. The number of rotatable bonds is 10. The van der Waals surface area contributed by atoms with Crippen molar-refractivity contribution in [3.63, 3.8) is 0 Å². The summed E-state index contributed by atoms with van der Waals surface area (Å²) in [5.74, 6) is 0.858. The predicted molar refractivity (Wildman–Crippen MR) is 223 cm³/mol. The van der Waals surface area contributed by atoms with E-state index in [9.17, 15) is 24.3 Å². The third-order valence-electron chi connectivity index (χ3n) is 12.2. The summed E-state index contributed by atoms with van der Waals surface area (Å²) in [6.45, 7) is 8.67. The number of nitrogens with zero attached hydrogens (tertiary/aromatic N) is 4. The molecule has 4 atom stereocenters. The molecule has 0 spiro atoms. The zero-order chi connectivity index (χ0) is 41.5. The minimum Gasteiger partial charge on any atom is -0.465 e. The number of aryl methyl sites for hydroxylation is 2. The van der Waals surface area contributed by atoms with Crippen LogP contribution in [0.3, 0.4) is 0 Å². The van der Waals surface area contributed by atoms with Gasteiger partial charge in [0.25, 0.3) is 0 Å². The summed E-state index contributed by atoms with van der Waals surface area (Å²) in [6, 6.07) is 17.5. The maximum absolute atomic E-state index is 13.7. The van der Waals surface area contributed by atoms with Crippen LogP contribution in [-0.4, -0.2) is 91.1 Å². The topological polar surface area (TPSA) is 186 Å². The van der Waals surface area contributed by atoms with Crippen molar-refractivity contribution in [2.45, 2.75) is 90.4 Å². The molecule has 2 aromatic heterocycles. The lowest BCUT2D eigenvalue weighted by Crippen LogP contribution is -2.51. The first-order valence-corrected chi connectivity index (χ1v) is 20.7. The van der Waals surface area contributed by atoms with E-state index in [1.165, 1.54) is 12.7 Å². The van der Waals surface area contributed by atoms with Crippen molar-refractivity contribution < 1.29 is 29.0 Å². The zero-order valence-corrected chi connectivity index (χ0v) is 34.2. The van der Waals surface area contributed by atoms with Gasteiger partial charge in [0.1, 0.15) is 23.7 Å². The molecule has 5 aromatic rings. The molecule has 3 aromatic carbocycles. The summed E-state index contributed by atoms with van der Waals surface area (Å²) < 4.78 is 4.79. The van der Waals surface area contributed by atoms with Gasteiger partial charge < -0.3 is 40.2 Å². The van der Waals surface area contributed by atoms with Gasteiger partial charge in [0, 0.05) is 29.9 Å².